The first-order valence-corrected chi connectivity index (χ1v) is 28.0. The first-order chi connectivity index (χ1) is 35.8. The Kier molecular flexibility index (Phi) is 20.2. The molecule has 6 heteroatoms. The van der Waals surface area contributed by atoms with Crippen molar-refractivity contribution in [1.29, 1.82) is 0 Å². The number of ketones is 1. The highest BCUT2D eigenvalue weighted by molar-refractivity contribution is 9.10. The summed E-state index contributed by atoms with van der Waals surface area (Å²) in [6.07, 6.45) is 2.56. The highest BCUT2D eigenvalue weighted by Crippen LogP contribution is 2.43. The van der Waals surface area contributed by atoms with E-state index < -0.39 is 5.60 Å². The Labute approximate surface area is 473 Å². The Bertz CT molecular complexity index is 2970. The van der Waals surface area contributed by atoms with Gasteiger partial charge in [-0.3, -0.25) is 4.79 Å². The second kappa shape index (κ2) is 25.7. The summed E-state index contributed by atoms with van der Waals surface area (Å²) in [7, 11) is 0. The molecule has 1 aliphatic rings. The summed E-state index contributed by atoms with van der Waals surface area (Å²) in [4.78, 5) is 12.6. The zero-order chi connectivity index (χ0) is 55.5. The van der Waals surface area contributed by atoms with Crippen LogP contribution in [0.25, 0.3) is 22.3 Å². The summed E-state index contributed by atoms with van der Waals surface area (Å²) in [5.74, 6) is 0.0842. The van der Waals surface area contributed by atoms with Gasteiger partial charge in [-0.15, -0.1) is 0 Å². The smallest absolute Gasteiger partial charge is 0.193 e. The lowest BCUT2D eigenvalue weighted by atomic mass is 9.75. The fourth-order valence-corrected chi connectivity index (χ4v) is 9.59. The van der Waals surface area contributed by atoms with E-state index in [0.29, 0.717) is 5.02 Å². The van der Waals surface area contributed by atoms with E-state index in [9.17, 15) is 9.90 Å². The average Bonchev–Trinajstić information content (AvgIpc) is 4.00. The van der Waals surface area contributed by atoms with Crippen molar-refractivity contribution in [2.24, 2.45) is 0 Å². The van der Waals surface area contributed by atoms with E-state index in [2.05, 4.69) is 184 Å². The molecule has 3 nitrogen and oxygen atoms in total. The monoisotopic (exact) mass is 1110 g/mol. The molecule has 0 spiro atoms. The maximum atomic E-state index is 12.7. The van der Waals surface area contributed by atoms with Crippen LogP contribution in [0.5, 0.6) is 0 Å². The molecular formula is C70H77BrCl2O3. The largest absolute Gasteiger partial charge is 0.381 e. The first-order valence-electron chi connectivity index (χ1n) is 26.4. The molecule has 0 bridgehead atoms. The third kappa shape index (κ3) is 16.0. The van der Waals surface area contributed by atoms with Gasteiger partial charge in [0.15, 0.2) is 5.78 Å². The Morgan fingerprint density at radius 2 is 0.711 bits per heavy atom. The van der Waals surface area contributed by atoms with Crippen LogP contribution in [-0.2, 0) is 32.0 Å². The first kappa shape index (κ1) is 59.7. The third-order valence-electron chi connectivity index (χ3n) is 13.7. The molecule has 8 aromatic carbocycles. The summed E-state index contributed by atoms with van der Waals surface area (Å²) >= 11 is 15.5. The Morgan fingerprint density at radius 1 is 0.408 bits per heavy atom. The predicted octanol–water partition coefficient (Wildman–Crippen LogP) is 20.0. The number of ether oxygens (including phenoxy) is 1. The number of aliphatic hydroxyl groups is 1. The predicted molar refractivity (Wildman–Crippen MR) is 328 cm³/mol. The molecule has 396 valence electrons. The quantitative estimate of drug-likeness (QED) is 0.128. The van der Waals surface area contributed by atoms with Gasteiger partial charge in [0, 0.05) is 44.4 Å². The van der Waals surface area contributed by atoms with Gasteiger partial charge in [-0.2, -0.15) is 0 Å². The van der Waals surface area contributed by atoms with Crippen LogP contribution in [0.1, 0.15) is 151 Å². The molecule has 1 heterocycles. The summed E-state index contributed by atoms with van der Waals surface area (Å²) in [5.41, 5.74) is 12.3. The van der Waals surface area contributed by atoms with Crippen LogP contribution >= 0.6 is 39.1 Å². The second-order valence-corrected chi connectivity index (χ2v) is 25.4. The van der Waals surface area contributed by atoms with Crippen LogP contribution in [0, 0.1) is 0 Å². The Balaban J connectivity index is 0.000000193. The zero-order valence-electron chi connectivity index (χ0n) is 46.7. The Hall–Kier alpha value is -5.59. The molecule has 0 aliphatic carbocycles. The molecule has 1 N–H and O–H groups in total. The molecular weight excluding hydrogens is 1040 g/mol. The number of benzene rings is 8. The fourth-order valence-electron chi connectivity index (χ4n) is 8.83. The lowest BCUT2D eigenvalue weighted by Gasteiger charge is -2.33. The Morgan fingerprint density at radius 3 is 1.04 bits per heavy atom. The molecule has 0 radical (unpaired) electrons. The minimum Gasteiger partial charge on any atom is -0.381 e. The normalized spacial score (nSPS) is 12.8. The molecule has 1 aliphatic heterocycles. The van der Waals surface area contributed by atoms with Crippen LogP contribution in [0.2, 0.25) is 10.0 Å². The van der Waals surface area contributed by atoms with E-state index >= 15 is 0 Å². The third-order valence-corrected chi connectivity index (χ3v) is 14.9. The van der Waals surface area contributed by atoms with E-state index in [1.807, 2.05) is 109 Å². The van der Waals surface area contributed by atoms with Gasteiger partial charge in [0.05, 0.1) is 0 Å². The molecule has 9 rings (SSSR count). The number of halogens is 3. The van der Waals surface area contributed by atoms with Crippen molar-refractivity contribution in [2.45, 2.75) is 123 Å². The van der Waals surface area contributed by atoms with Crippen molar-refractivity contribution < 1.29 is 14.6 Å². The van der Waals surface area contributed by atoms with Gasteiger partial charge >= 0.3 is 0 Å². The van der Waals surface area contributed by atoms with Gasteiger partial charge in [0.2, 0.25) is 0 Å². The highest BCUT2D eigenvalue weighted by Gasteiger charge is 2.36. The van der Waals surface area contributed by atoms with E-state index in [1.54, 1.807) is 0 Å². The molecule has 8 aromatic rings. The number of carbonyl (C=O) groups is 1. The minimum atomic E-state index is -1.33. The summed E-state index contributed by atoms with van der Waals surface area (Å²) < 4.78 is 6.04. The summed E-state index contributed by atoms with van der Waals surface area (Å²) in [6, 6.07) is 64.6. The number of rotatable bonds is 7. The van der Waals surface area contributed by atoms with Crippen LogP contribution in [0.4, 0.5) is 0 Å². The van der Waals surface area contributed by atoms with Crippen molar-refractivity contribution in [3.05, 3.63) is 259 Å². The summed E-state index contributed by atoms with van der Waals surface area (Å²) in [6.45, 7) is 28.3. The summed E-state index contributed by atoms with van der Waals surface area (Å²) in [5, 5.41) is 14.1. The zero-order valence-corrected chi connectivity index (χ0v) is 49.8. The van der Waals surface area contributed by atoms with Gasteiger partial charge in [0.25, 0.3) is 0 Å². The minimum absolute atomic E-state index is 0.0339. The molecule has 1 saturated heterocycles. The number of hydrogen-bond donors (Lipinski definition) is 1. The van der Waals surface area contributed by atoms with Crippen LogP contribution < -0.4 is 0 Å². The van der Waals surface area contributed by atoms with Gasteiger partial charge in [-0.1, -0.05) is 286 Å². The average molecular weight is 1120 g/mol. The molecule has 0 unspecified atom stereocenters. The number of carbonyl (C=O) groups excluding carboxylic acids is 1. The van der Waals surface area contributed by atoms with E-state index in [0.717, 1.165) is 61.7 Å². The molecule has 0 saturated carbocycles. The second-order valence-electron chi connectivity index (χ2n) is 23.7. The van der Waals surface area contributed by atoms with Crippen molar-refractivity contribution in [3.63, 3.8) is 0 Å². The van der Waals surface area contributed by atoms with Crippen molar-refractivity contribution >= 4 is 44.9 Å². The molecule has 0 amide bonds. The van der Waals surface area contributed by atoms with Crippen LogP contribution in [0.15, 0.2) is 199 Å². The van der Waals surface area contributed by atoms with Gasteiger partial charge in [-0.25, -0.2) is 0 Å². The van der Waals surface area contributed by atoms with Gasteiger partial charge in [-0.05, 0) is 120 Å². The lowest BCUT2D eigenvalue weighted by Crippen LogP contribution is -2.30. The van der Waals surface area contributed by atoms with Gasteiger partial charge < -0.3 is 9.84 Å². The molecule has 76 heavy (non-hydrogen) atoms. The maximum absolute atomic E-state index is 12.7. The highest BCUT2D eigenvalue weighted by atomic mass is 79.9. The standard InChI is InChI=1S/C33H35ClO.C21H26O.C12H8BrCl.C4H8O/c1-31(2,3)24-13-17-26(18-14-24)33(35,27-19-15-25(16-20-27)32(4,5)6)30-10-8-7-9-29(30)23-11-21-28(34)22-12-23;1-20(2,3)17-11-7-15(8-12-17)19(22)16-9-13-18(14-10-16)21(4,5)6;13-12-4-2-1-3-11(12)9-5-7-10(14)8-6-9;1-2-4-5-3-1/h7-22,35H,1-6H3;7-14H,1-6H3;1-8H;1-4H2. The molecule has 0 atom stereocenters. The van der Waals surface area contributed by atoms with Crippen LogP contribution in [0.3, 0.4) is 0 Å². The van der Waals surface area contributed by atoms with E-state index in [4.69, 9.17) is 27.9 Å². The number of hydrogen-bond acceptors (Lipinski definition) is 3. The fraction of sp³-hybridized carbons (Fsp3) is 0.300. The topological polar surface area (TPSA) is 46.5 Å². The molecule has 1 fully saturated rings. The molecule has 0 aromatic heterocycles. The van der Waals surface area contributed by atoms with E-state index in [-0.39, 0.29) is 27.4 Å². The SMILES string of the molecule is C1CCOC1.CC(C)(C)c1ccc(C(=O)c2ccc(C(C)(C)C)cc2)cc1.CC(C)(C)c1ccc(C(O)(c2ccc(C(C)(C)C)cc2)c2ccccc2-c2ccc(Cl)cc2)cc1.Clc1ccc(-c2ccccc2Br)cc1. The van der Waals surface area contributed by atoms with Crippen molar-refractivity contribution in [1.82, 2.24) is 0 Å². The lowest BCUT2D eigenvalue weighted by molar-refractivity contribution is 0.103. The van der Waals surface area contributed by atoms with Crippen LogP contribution in [-0.4, -0.2) is 24.1 Å². The maximum Gasteiger partial charge on any atom is 0.193 e. The van der Waals surface area contributed by atoms with E-state index in [1.165, 1.54) is 46.2 Å². The van der Waals surface area contributed by atoms with Gasteiger partial charge in [0.1, 0.15) is 5.60 Å². The van der Waals surface area contributed by atoms with Crippen molar-refractivity contribution in [3.8, 4) is 22.3 Å². The van der Waals surface area contributed by atoms with Crippen molar-refractivity contribution in [2.75, 3.05) is 13.2 Å².